The largest absolute Gasteiger partial charge is 0.468 e. The van der Waals surface area contributed by atoms with Crippen molar-refractivity contribution >= 4 is 5.97 Å². The lowest BCUT2D eigenvalue weighted by molar-refractivity contribution is -0.148. The lowest BCUT2D eigenvalue weighted by atomic mass is 9.83. The van der Waals surface area contributed by atoms with Crippen molar-refractivity contribution in [2.45, 2.75) is 44.2 Å². The van der Waals surface area contributed by atoms with E-state index >= 15 is 0 Å². The van der Waals surface area contributed by atoms with Gasteiger partial charge in [0.15, 0.2) is 0 Å². The molecule has 2 aliphatic rings. The zero-order valence-corrected chi connectivity index (χ0v) is 14.0. The van der Waals surface area contributed by atoms with E-state index in [0.29, 0.717) is 12.5 Å². The Kier molecular flexibility index (Phi) is 4.10. The van der Waals surface area contributed by atoms with E-state index in [1.807, 2.05) is 18.2 Å². The molecule has 1 saturated carbocycles. The third-order valence-electron chi connectivity index (χ3n) is 5.36. The number of carbonyl (C=O) groups is 1. The molecule has 2 aromatic rings. The average Bonchev–Trinajstić information content (AvgIpc) is 3.00. The normalized spacial score (nSPS) is 21.1. The lowest BCUT2D eigenvalue weighted by Crippen LogP contribution is -2.39. The Morgan fingerprint density at radius 2 is 2.21 bits per heavy atom. The zero-order chi connectivity index (χ0) is 16.5. The van der Waals surface area contributed by atoms with E-state index in [1.165, 1.54) is 37.6 Å². The molecular formula is C19H23N3O2. The first-order valence-electron chi connectivity index (χ1n) is 8.70. The van der Waals surface area contributed by atoms with Gasteiger partial charge >= 0.3 is 5.97 Å². The molecule has 2 heterocycles. The van der Waals surface area contributed by atoms with E-state index in [0.717, 1.165) is 24.2 Å². The Balaban J connectivity index is 1.57. The van der Waals surface area contributed by atoms with Gasteiger partial charge in [0, 0.05) is 24.7 Å². The third kappa shape index (κ3) is 2.73. The van der Waals surface area contributed by atoms with Crippen LogP contribution in [0.4, 0.5) is 0 Å². The number of carbonyl (C=O) groups excluding carboxylic acids is 1. The number of ether oxygens (including phenoxy) is 1. The maximum Gasteiger partial charge on any atom is 0.327 e. The number of H-pyrrole nitrogens is 1. The first-order chi connectivity index (χ1) is 11.8. The van der Waals surface area contributed by atoms with Crippen molar-refractivity contribution in [3.05, 3.63) is 52.8 Å². The second-order valence-electron chi connectivity index (χ2n) is 6.79. The Hall–Kier alpha value is -2.14. The molecule has 5 heteroatoms. The topological polar surface area (TPSA) is 58.2 Å². The van der Waals surface area contributed by atoms with Crippen molar-refractivity contribution in [3.63, 3.8) is 0 Å². The fraction of sp³-hybridized carbons (Fsp3) is 0.474. The minimum Gasteiger partial charge on any atom is -0.468 e. The second kappa shape index (κ2) is 6.40. The smallest absolute Gasteiger partial charge is 0.327 e. The molecule has 1 unspecified atom stereocenters. The number of fused-ring (bicyclic) bond motifs is 1. The first-order valence-corrected chi connectivity index (χ1v) is 8.70. The molecule has 1 aliphatic carbocycles. The van der Waals surface area contributed by atoms with E-state index in [9.17, 15) is 4.79 Å². The highest BCUT2D eigenvalue weighted by molar-refractivity contribution is 5.78. The first kappa shape index (κ1) is 15.4. The standard InChI is InChI=1S/C19H23N3O2/c1-24-19(23)18-16-8-3-2-5-13(16)9-10-22(18)12-15-11-17(21-20-15)14-6-4-7-14/h2-3,5,8,11,14,18H,4,6-7,9-10,12H2,1H3,(H,20,21). The summed E-state index contributed by atoms with van der Waals surface area (Å²) in [6.45, 7) is 1.53. The molecule has 1 fully saturated rings. The molecule has 1 aliphatic heterocycles. The molecule has 1 N–H and O–H groups in total. The molecular weight excluding hydrogens is 302 g/mol. The zero-order valence-electron chi connectivity index (χ0n) is 14.0. The molecule has 0 bridgehead atoms. The molecule has 5 nitrogen and oxygen atoms in total. The Bertz CT molecular complexity index is 736. The maximum atomic E-state index is 12.4. The number of nitrogens with one attached hydrogen (secondary N) is 1. The Labute approximate surface area is 142 Å². The van der Waals surface area contributed by atoms with Gasteiger partial charge in [-0.3, -0.25) is 10.00 Å². The number of hydrogen-bond donors (Lipinski definition) is 1. The molecule has 0 amide bonds. The highest BCUT2D eigenvalue weighted by Crippen LogP contribution is 2.36. The highest BCUT2D eigenvalue weighted by Gasteiger charge is 2.34. The van der Waals surface area contributed by atoms with Crippen molar-refractivity contribution in [3.8, 4) is 0 Å². The van der Waals surface area contributed by atoms with Crippen molar-refractivity contribution in [1.82, 2.24) is 15.1 Å². The minimum absolute atomic E-state index is 0.194. The Morgan fingerprint density at radius 1 is 1.38 bits per heavy atom. The number of methoxy groups -OCH3 is 1. The number of hydrogen-bond acceptors (Lipinski definition) is 4. The van der Waals surface area contributed by atoms with Crippen molar-refractivity contribution in [1.29, 1.82) is 0 Å². The van der Waals surface area contributed by atoms with Crippen LogP contribution in [-0.4, -0.2) is 34.7 Å². The van der Waals surface area contributed by atoms with Gasteiger partial charge in [0.1, 0.15) is 6.04 Å². The number of aromatic nitrogens is 2. The monoisotopic (exact) mass is 325 g/mol. The average molecular weight is 325 g/mol. The van der Waals surface area contributed by atoms with Crippen LogP contribution in [0.2, 0.25) is 0 Å². The fourth-order valence-electron chi connectivity index (χ4n) is 3.77. The van der Waals surface area contributed by atoms with Crippen LogP contribution in [0.5, 0.6) is 0 Å². The maximum absolute atomic E-state index is 12.4. The molecule has 1 aromatic heterocycles. The van der Waals surface area contributed by atoms with Crippen molar-refractivity contribution in [2.75, 3.05) is 13.7 Å². The van der Waals surface area contributed by atoms with Crippen LogP contribution in [0, 0.1) is 0 Å². The van der Waals surface area contributed by atoms with Crippen LogP contribution in [0.1, 0.15) is 53.7 Å². The van der Waals surface area contributed by atoms with Crippen LogP contribution in [0.25, 0.3) is 0 Å². The summed E-state index contributed by atoms with van der Waals surface area (Å²) in [6, 6.07) is 9.99. The van der Waals surface area contributed by atoms with Gasteiger partial charge < -0.3 is 4.74 Å². The number of nitrogens with zero attached hydrogens (tertiary/aromatic N) is 2. The third-order valence-corrected chi connectivity index (χ3v) is 5.36. The summed E-state index contributed by atoms with van der Waals surface area (Å²) in [5.41, 5.74) is 4.55. The number of aromatic amines is 1. The summed E-state index contributed by atoms with van der Waals surface area (Å²) in [4.78, 5) is 14.6. The van der Waals surface area contributed by atoms with E-state index in [4.69, 9.17) is 4.74 Å². The lowest BCUT2D eigenvalue weighted by Gasteiger charge is -2.35. The van der Waals surface area contributed by atoms with Crippen LogP contribution in [-0.2, 0) is 22.5 Å². The SMILES string of the molecule is COC(=O)C1c2ccccc2CCN1Cc1cc(C2CCC2)n[nH]1. The van der Waals surface area contributed by atoms with Gasteiger partial charge in [0.25, 0.3) is 0 Å². The van der Waals surface area contributed by atoms with Gasteiger partial charge in [-0.1, -0.05) is 30.7 Å². The number of benzene rings is 1. The van der Waals surface area contributed by atoms with E-state index in [2.05, 4.69) is 27.2 Å². The number of esters is 1. The molecule has 126 valence electrons. The van der Waals surface area contributed by atoms with E-state index < -0.39 is 0 Å². The molecule has 1 atom stereocenters. The molecule has 0 saturated heterocycles. The van der Waals surface area contributed by atoms with Crippen LogP contribution in [0.15, 0.2) is 30.3 Å². The van der Waals surface area contributed by atoms with Gasteiger partial charge in [-0.25, -0.2) is 4.79 Å². The van der Waals surface area contributed by atoms with Gasteiger partial charge in [0.05, 0.1) is 12.8 Å². The molecule has 4 rings (SSSR count). The summed E-state index contributed by atoms with van der Waals surface area (Å²) in [6.07, 6.45) is 4.74. The quantitative estimate of drug-likeness (QED) is 0.878. The summed E-state index contributed by atoms with van der Waals surface area (Å²) < 4.78 is 5.08. The van der Waals surface area contributed by atoms with Crippen LogP contribution < -0.4 is 0 Å². The van der Waals surface area contributed by atoms with Crippen LogP contribution in [0.3, 0.4) is 0 Å². The van der Waals surface area contributed by atoms with E-state index in [1.54, 1.807) is 0 Å². The predicted octanol–water partition coefficient (Wildman–Crippen LogP) is 2.95. The second-order valence-corrected chi connectivity index (χ2v) is 6.79. The van der Waals surface area contributed by atoms with Gasteiger partial charge in [-0.15, -0.1) is 0 Å². The Morgan fingerprint density at radius 3 is 2.96 bits per heavy atom. The van der Waals surface area contributed by atoms with Gasteiger partial charge in [-0.2, -0.15) is 5.10 Å². The highest BCUT2D eigenvalue weighted by atomic mass is 16.5. The van der Waals surface area contributed by atoms with Gasteiger partial charge in [-0.05, 0) is 36.5 Å². The van der Waals surface area contributed by atoms with Gasteiger partial charge in [0.2, 0.25) is 0 Å². The van der Waals surface area contributed by atoms with E-state index in [-0.39, 0.29) is 12.0 Å². The minimum atomic E-state index is -0.338. The summed E-state index contributed by atoms with van der Waals surface area (Å²) in [5.74, 6) is 0.425. The molecule has 0 spiro atoms. The fourth-order valence-corrected chi connectivity index (χ4v) is 3.77. The summed E-state index contributed by atoms with van der Waals surface area (Å²) >= 11 is 0. The molecule has 1 aromatic carbocycles. The summed E-state index contributed by atoms with van der Waals surface area (Å²) in [5, 5.41) is 7.63. The number of rotatable bonds is 4. The van der Waals surface area contributed by atoms with Crippen molar-refractivity contribution in [2.24, 2.45) is 0 Å². The van der Waals surface area contributed by atoms with Crippen LogP contribution >= 0.6 is 0 Å². The summed E-state index contributed by atoms with van der Waals surface area (Å²) in [7, 11) is 1.46. The van der Waals surface area contributed by atoms with Crippen molar-refractivity contribution < 1.29 is 9.53 Å². The predicted molar refractivity (Wildman–Crippen MR) is 90.5 cm³/mol. The molecule has 24 heavy (non-hydrogen) atoms. The molecule has 0 radical (unpaired) electrons.